The quantitative estimate of drug-likeness (QED) is 0.479. The molecule has 0 aliphatic heterocycles. The van der Waals surface area contributed by atoms with Gasteiger partial charge in [0.15, 0.2) is 5.78 Å². The van der Waals surface area contributed by atoms with Crippen molar-refractivity contribution in [3.8, 4) is 0 Å². The first-order valence-corrected chi connectivity index (χ1v) is 5.66. The fraction of sp³-hybridized carbons (Fsp3) is 0.0667. The van der Waals surface area contributed by atoms with Gasteiger partial charge in [-0.25, -0.2) is 4.79 Å². The van der Waals surface area contributed by atoms with Crippen molar-refractivity contribution >= 4 is 17.8 Å². The summed E-state index contributed by atoms with van der Waals surface area (Å²) in [6.07, 6.45) is 2.91. The molecule has 0 aliphatic rings. The van der Waals surface area contributed by atoms with E-state index in [-0.39, 0.29) is 11.5 Å². The van der Waals surface area contributed by atoms with Gasteiger partial charge in [0.05, 0.1) is 7.11 Å². The Balaban J connectivity index is 2.09. The van der Waals surface area contributed by atoms with Gasteiger partial charge in [-0.2, -0.15) is 0 Å². The molecule has 4 nitrogen and oxygen atoms in total. The van der Waals surface area contributed by atoms with E-state index in [1.165, 1.54) is 25.3 Å². The van der Waals surface area contributed by atoms with Crippen molar-refractivity contribution in [1.29, 1.82) is 0 Å². The van der Waals surface area contributed by atoms with Gasteiger partial charge < -0.3 is 9.15 Å². The molecule has 0 atom stereocenters. The van der Waals surface area contributed by atoms with E-state index in [1.54, 1.807) is 30.3 Å². The smallest absolute Gasteiger partial charge is 0.373 e. The normalized spacial score (nSPS) is 10.6. The maximum absolute atomic E-state index is 11.8. The van der Waals surface area contributed by atoms with Crippen molar-refractivity contribution in [2.45, 2.75) is 0 Å². The van der Waals surface area contributed by atoms with Crippen LogP contribution in [0.4, 0.5) is 0 Å². The van der Waals surface area contributed by atoms with E-state index in [0.717, 1.165) is 0 Å². The van der Waals surface area contributed by atoms with Crippen LogP contribution in [-0.4, -0.2) is 18.9 Å². The second-order valence-corrected chi connectivity index (χ2v) is 3.76. The SMILES string of the molecule is COC(=O)c1ccc(/C=C\C(=O)c2ccccc2)o1. The second kappa shape index (κ2) is 5.82. The number of carbonyl (C=O) groups is 2. The van der Waals surface area contributed by atoms with E-state index in [2.05, 4.69) is 4.74 Å². The van der Waals surface area contributed by atoms with Crippen LogP contribution in [0.2, 0.25) is 0 Å². The van der Waals surface area contributed by atoms with Crippen molar-refractivity contribution in [3.05, 3.63) is 65.6 Å². The standard InChI is InChI=1S/C15H12O4/c1-18-15(17)14-10-8-12(19-14)7-9-13(16)11-5-3-2-4-6-11/h2-10H,1H3/b9-7-. The highest BCUT2D eigenvalue weighted by Crippen LogP contribution is 2.11. The van der Waals surface area contributed by atoms with Crippen LogP contribution in [-0.2, 0) is 4.74 Å². The Bertz CT molecular complexity index is 608. The Morgan fingerprint density at radius 2 is 1.84 bits per heavy atom. The van der Waals surface area contributed by atoms with E-state index in [1.807, 2.05) is 6.07 Å². The van der Waals surface area contributed by atoms with Crippen LogP contribution in [0.15, 0.2) is 53.0 Å². The summed E-state index contributed by atoms with van der Waals surface area (Å²) in [6.45, 7) is 0. The van der Waals surface area contributed by atoms with Gasteiger partial charge in [0.1, 0.15) is 5.76 Å². The monoisotopic (exact) mass is 256 g/mol. The highest BCUT2D eigenvalue weighted by atomic mass is 16.5. The first-order valence-electron chi connectivity index (χ1n) is 5.66. The van der Waals surface area contributed by atoms with Gasteiger partial charge in [-0.1, -0.05) is 30.3 Å². The molecular weight excluding hydrogens is 244 g/mol. The molecule has 0 N–H and O–H groups in total. The minimum absolute atomic E-state index is 0.106. The van der Waals surface area contributed by atoms with Crippen molar-refractivity contribution in [2.75, 3.05) is 7.11 Å². The van der Waals surface area contributed by atoms with Gasteiger partial charge in [0, 0.05) is 5.56 Å². The minimum atomic E-state index is -0.547. The molecule has 1 aromatic heterocycles. The highest BCUT2D eigenvalue weighted by molar-refractivity contribution is 6.06. The third-order valence-corrected chi connectivity index (χ3v) is 2.47. The molecule has 0 unspecified atom stereocenters. The number of ketones is 1. The molecule has 0 saturated carbocycles. The van der Waals surface area contributed by atoms with Crippen LogP contribution in [0.1, 0.15) is 26.7 Å². The number of methoxy groups -OCH3 is 1. The summed E-state index contributed by atoms with van der Waals surface area (Å²) in [5, 5.41) is 0. The number of benzene rings is 1. The summed E-state index contributed by atoms with van der Waals surface area (Å²) in [7, 11) is 1.28. The molecule has 0 bridgehead atoms. The van der Waals surface area contributed by atoms with E-state index in [4.69, 9.17) is 4.42 Å². The summed E-state index contributed by atoms with van der Waals surface area (Å²) in [5.41, 5.74) is 0.596. The average molecular weight is 256 g/mol. The molecule has 0 amide bonds. The number of hydrogen-bond acceptors (Lipinski definition) is 4. The van der Waals surface area contributed by atoms with E-state index in [9.17, 15) is 9.59 Å². The summed E-state index contributed by atoms with van der Waals surface area (Å²) >= 11 is 0. The molecule has 0 spiro atoms. The fourth-order valence-corrected chi connectivity index (χ4v) is 1.51. The van der Waals surface area contributed by atoms with E-state index < -0.39 is 5.97 Å². The van der Waals surface area contributed by atoms with Crippen molar-refractivity contribution in [3.63, 3.8) is 0 Å². The fourth-order valence-electron chi connectivity index (χ4n) is 1.51. The molecule has 96 valence electrons. The van der Waals surface area contributed by atoms with Crippen LogP contribution in [0.25, 0.3) is 6.08 Å². The van der Waals surface area contributed by atoms with Gasteiger partial charge in [0.2, 0.25) is 5.76 Å². The summed E-state index contributed by atoms with van der Waals surface area (Å²) in [4.78, 5) is 23.0. The van der Waals surface area contributed by atoms with Crippen LogP contribution < -0.4 is 0 Å². The first kappa shape index (κ1) is 12.8. The van der Waals surface area contributed by atoms with Gasteiger partial charge in [0.25, 0.3) is 0 Å². The number of hydrogen-bond donors (Lipinski definition) is 0. The summed E-state index contributed by atoms with van der Waals surface area (Å²) < 4.78 is 9.73. The van der Waals surface area contributed by atoms with Crippen LogP contribution in [0.3, 0.4) is 0 Å². The van der Waals surface area contributed by atoms with Gasteiger partial charge in [-0.3, -0.25) is 4.79 Å². The number of esters is 1. The molecule has 1 aromatic carbocycles. The number of carbonyl (C=O) groups excluding carboxylic acids is 2. The predicted molar refractivity (Wildman–Crippen MR) is 69.9 cm³/mol. The molecule has 2 rings (SSSR count). The molecule has 4 heteroatoms. The number of ether oxygens (including phenoxy) is 1. The molecule has 0 aliphatic carbocycles. The lowest BCUT2D eigenvalue weighted by Crippen LogP contribution is -1.98. The Morgan fingerprint density at radius 1 is 1.11 bits per heavy atom. The zero-order valence-corrected chi connectivity index (χ0v) is 10.3. The Hall–Kier alpha value is -2.62. The van der Waals surface area contributed by atoms with Gasteiger partial charge in [-0.05, 0) is 24.3 Å². The molecule has 0 radical (unpaired) electrons. The largest absolute Gasteiger partial charge is 0.463 e. The first-order chi connectivity index (χ1) is 9.20. The van der Waals surface area contributed by atoms with E-state index in [0.29, 0.717) is 11.3 Å². The summed E-state index contributed by atoms with van der Waals surface area (Å²) in [6, 6.07) is 12.0. The minimum Gasteiger partial charge on any atom is -0.463 e. The number of furan rings is 1. The number of rotatable bonds is 4. The van der Waals surface area contributed by atoms with Crippen LogP contribution in [0, 0.1) is 0 Å². The Labute approximate surface area is 110 Å². The molecule has 19 heavy (non-hydrogen) atoms. The third-order valence-electron chi connectivity index (χ3n) is 2.47. The predicted octanol–water partition coefficient (Wildman–Crippen LogP) is 2.96. The molecule has 1 heterocycles. The lowest BCUT2D eigenvalue weighted by molar-refractivity contribution is 0.0564. The van der Waals surface area contributed by atoms with E-state index >= 15 is 0 Å². The maximum atomic E-state index is 11.8. The van der Waals surface area contributed by atoms with Crippen molar-refractivity contribution in [1.82, 2.24) is 0 Å². The number of allylic oxidation sites excluding steroid dienone is 1. The molecule has 0 saturated heterocycles. The zero-order chi connectivity index (χ0) is 13.7. The van der Waals surface area contributed by atoms with Gasteiger partial charge in [-0.15, -0.1) is 0 Å². The topological polar surface area (TPSA) is 56.5 Å². The second-order valence-electron chi connectivity index (χ2n) is 3.76. The molecule has 2 aromatic rings. The van der Waals surface area contributed by atoms with Crippen molar-refractivity contribution < 1.29 is 18.7 Å². The Kier molecular flexibility index (Phi) is 3.93. The Morgan fingerprint density at radius 3 is 2.53 bits per heavy atom. The third kappa shape index (κ3) is 3.19. The molecule has 0 fully saturated rings. The average Bonchev–Trinajstić information content (AvgIpc) is 2.93. The maximum Gasteiger partial charge on any atom is 0.373 e. The van der Waals surface area contributed by atoms with Crippen LogP contribution in [0.5, 0.6) is 0 Å². The van der Waals surface area contributed by atoms with Crippen molar-refractivity contribution in [2.24, 2.45) is 0 Å². The lowest BCUT2D eigenvalue weighted by Gasteiger charge is -1.93. The van der Waals surface area contributed by atoms with Gasteiger partial charge >= 0.3 is 5.97 Å². The summed E-state index contributed by atoms with van der Waals surface area (Å²) in [5.74, 6) is -0.148. The lowest BCUT2D eigenvalue weighted by atomic mass is 10.1. The highest BCUT2D eigenvalue weighted by Gasteiger charge is 2.09. The zero-order valence-electron chi connectivity index (χ0n) is 10.3. The van der Waals surface area contributed by atoms with Crippen LogP contribution >= 0.6 is 0 Å². The molecular formula is C15H12O4.